The Bertz CT molecular complexity index is 317. The molecule has 2 saturated heterocycles. The summed E-state index contributed by atoms with van der Waals surface area (Å²) in [7, 11) is -1.95. The van der Waals surface area contributed by atoms with Gasteiger partial charge >= 0.3 is 29.9 Å². The maximum Gasteiger partial charge on any atom is 0.403 e. The lowest BCUT2D eigenvalue weighted by Gasteiger charge is -2.35. The average molecular weight is 187 g/mol. The van der Waals surface area contributed by atoms with Crippen LogP contribution in [0.3, 0.4) is 0 Å². The summed E-state index contributed by atoms with van der Waals surface area (Å²) in [6.07, 6.45) is 0. The van der Waals surface area contributed by atoms with Gasteiger partial charge in [0.1, 0.15) is 0 Å². The fourth-order valence-corrected chi connectivity index (χ4v) is 3.57. The third-order valence-corrected chi connectivity index (χ3v) is 5.16. The van der Waals surface area contributed by atoms with Gasteiger partial charge in [-0.3, -0.25) is 0 Å². The zero-order valence-electron chi connectivity index (χ0n) is 6.03. The predicted molar refractivity (Wildman–Crippen MR) is 39.4 cm³/mol. The first-order valence-electron chi connectivity index (χ1n) is 3.11. The van der Waals surface area contributed by atoms with Crippen molar-refractivity contribution in [2.45, 2.75) is 0 Å². The molecule has 4 amide bonds. The first-order valence-corrected chi connectivity index (χ1v) is 4.89. The van der Waals surface area contributed by atoms with Crippen molar-refractivity contribution in [3.05, 3.63) is 0 Å². The number of carbonyl (C=O) groups excluding carboxylic acids is 4. The minimum absolute atomic E-state index is 0.624. The number of carbonyl (C=O) groups is 4. The van der Waals surface area contributed by atoms with Crippen molar-refractivity contribution in [2.75, 3.05) is 7.05 Å². The number of rotatable bonds is 0. The third kappa shape index (κ3) is 0.430. The zero-order valence-corrected chi connectivity index (χ0v) is 6.92. The fraction of sp³-hybridized carbons (Fsp3) is 0.200. The summed E-state index contributed by atoms with van der Waals surface area (Å²) in [6, 6.07) is 0. The van der Waals surface area contributed by atoms with Crippen molar-refractivity contribution in [2.24, 2.45) is 0 Å². The molecule has 1 N–H and O–H groups in total. The molecular weight excluding hydrogens is 183 g/mol. The number of hydrogen-bond acceptors (Lipinski definition) is 4. The molecule has 2 aliphatic rings. The molecular formula is C5H4N2O4P+. The largest absolute Gasteiger partial charge is 0.403 e. The maximum atomic E-state index is 11.1. The summed E-state index contributed by atoms with van der Waals surface area (Å²) in [5.41, 5.74) is -2.64. The summed E-state index contributed by atoms with van der Waals surface area (Å²) in [5, 5.41) is 1.88. The molecule has 2 heterocycles. The van der Waals surface area contributed by atoms with Crippen LogP contribution in [0.1, 0.15) is 0 Å². The molecule has 0 aromatic carbocycles. The van der Waals surface area contributed by atoms with Crippen molar-refractivity contribution in [3.8, 4) is 0 Å². The van der Waals surface area contributed by atoms with E-state index in [1.165, 1.54) is 7.05 Å². The Balaban J connectivity index is 2.47. The van der Waals surface area contributed by atoms with Crippen LogP contribution >= 0.6 is 7.26 Å². The van der Waals surface area contributed by atoms with Gasteiger partial charge in [-0.25, -0.2) is 29.4 Å². The van der Waals surface area contributed by atoms with Gasteiger partial charge in [-0.05, 0) is 0 Å². The Kier molecular flexibility index (Phi) is 1.05. The summed E-state index contributed by atoms with van der Waals surface area (Å²) in [4.78, 5) is 44.7. The molecule has 6 nitrogen and oxygen atoms in total. The summed E-state index contributed by atoms with van der Waals surface area (Å²) in [6.45, 7) is 0. The number of hydrogen-bond donors (Lipinski definition) is 1. The van der Waals surface area contributed by atoms with E-state index < -0.39 is 29.9 Å². The second kappa shape index (κ2) is 1.72. The monoisotopic (exact) mass is 187 g/mol. The van der Waals surface area contributed by atoms with Gasteiger partial charge in [-0.2, -0.15) is 0 Å². The molecule has 2 aliphatic heterocycles. The lowest BCUT2D eigenvalue weighted by Crippen LogP contribution is -2.63. The minimum Gasteiger partial charge on any atom is -0.226 e. The van der Waals surface area contributed by atoms with E-state index in [9.17, 15) is 19.2 Å². The maximum absolute atomic E-state index is 11.1. The van der Waals surface area contributed by atoms with E-state index in [4.69, 9.17) is 0 Å². The van der Waals surface area contributed by atoms with Gasteiger partial charge in [-0.1, -0.05) is 0 Å². The minimum atomic E-state index is -3.20. The van der Waals surface area contributed by atoms with Crippen molar-refractivity contribution in [1.82, 2.24) is 10.2 Å². The molecule has 0 aliphatic carbocycles. The van der Waals surface area contributed by atoms with Gasteiger partial charge in [-0.15, -0.1) is 0 Å². The highest BCUT2D eigenvalue weighted by Crippen LogP contribution is 2.74. The zero-order chi connectivity index (χ0) is 9.09. The topological polar surface area (TPSA) is 83.6 Å². The van der Waals surface area contributed by atoms with Crippen molar-refractivity contribution in [3.63, 3.8) is 0 Å². The first-order chi connectivity index (χ1) is 5.52. The fourth-order valence-electron chi connectivity index (χ4n) is 1.21. The highest BCUT2D eigenvalue weighted by atomic mass is 31.2. The van der Waals surface area contributed by atoms with Crippen LogP contribution in [0.15, 0.2) is 0 Å². The Morgan fingerprint density at radius 1 is 1.08 bits per heavy atom. The normalized spacial score (nSPS) is 25.2. The molecule has 0 atom stereocenters. The first kappa shape index (κ1) is 7.36. The molecule has 0 saturated carbocycles. The Morgan fingerprint density at radius 2 is 1.50 bits per heavy atom. The summed E-state index contributed by atoms with van der Waals surface area (Å²) in [5.74, 6) is 0. The molecule has 12 heavy (non-hydrogen) atoms. The number of nitrogens with one attached hydrogen (secondary N) is 1. The van der Waals surface area contributed by atoms with E-state index in [1.807, 2.05) is 5.32 Å². The molecule has 62 valence electrons. The van der Waals surface area contributed by atoms with Gasteiger partial charge in [0.15, 0.2) is 0 Å². The Hall–Kier alpha value is -1.29. The smallest absolute Gasteiger partial charge is 0.226 e. The summed E-state index contributed by atoms with van der Waals surface area (Å²) < 4.78 is 0. The predicted octanol–water partition coefficient (Wildman–Crippen LogP) is 1.03. The van der Waals surface area contributed by atoms with Crippen LogP contribution in [-0.4, -0.2) is 34.5 Å². The molecule has 0 unspecified atom stereocenters. The molecule has 2 rings (SSSR count). The molecule has 0 bridgehead atoms. The molecule has 0 aromatic rings. The third-order valence-electron chi connectivity index (χ3n) is 1.97. The van der Waals surface area contributed by atoms with Crippen molar-refractivity contribution in [1.29, 1.82) is 0 Å². The Labute approximate surface area is 67.2 Å². The van der Waals surface area contributed by atoms with Crippen LogP contribution in [0.4, 0.5) is 19.2 Å². The van der Waals surface area contributed by atoms with Crippen LogP contribution in [0.5, 0.6) is 0 Å². The summed E-state index contributed by atoms with van der Waals surface area (Å²) >= 11 is 0. The number of amides is 4. The molecule has 7 heteroatoms. The second-order valence-corrected chi connectivity index (χ2v) is 5.45. The van der Waals surface area contributed by atoms with Gasteiger partial charge in [0.05, 0.1) is 0 Å². The average Bonchev–Trinajstić information content (AvgIpc) is 2.04. The lowest BCUT2D eigenvalue weighted by molar-refractivity contribution is 0.210. The van der Waals surface area contributed by atoms with E-state index in [-0.39, 0.29) is 0 Å². The standard InChI is InChI=1S/C5H3N2O4P/c1-7-4(10)12(5(7)11)2(8)6-3(12)9/h1H3/p+1. The molecule has 0 radical (unpaired) electrons. The van der Waals surface area contributed by atoms with Gasteiger partial charge < -0.3 is 0 Å². The van der Waals surface area contributed by atoms with E-state index in [1.54, 1.807) is 0 Å². The highest BCUT2D eigenvalue weighted by Gasteiger charge is 2.87. The van der Waals surface area contributed by atoms with Gasteiger partial charge in [0.25, 0.3) is 0 Å². The van der Waals surface area contributed by atoms with E-state index in [2.05, 4.69) is 0 Å². The van der Waals surface area contributed by atoms with E-state index in [0.717, 1.165) is 4.90 Å². The second-order valence-electron chi connectivity index (χ2n) is 2.53. The van der Waals surface area contributed by atoms with Crippen LogP contribution in [0.2, 0.25) is 0 Å². The highest BCUT2D eigenvalue weighted by molar-refractivity contribution is 8.30. The molecule has 2 fully saturated rings. The van der Waals surface area contributed by atoms with Crippen LogP contribution < -0.4 is 5.32 Å². The van der Waals surface area contributed by atoms with Crippen LogP contribution in [-0.2, 0) is 0 Å². The van der Waals surface area contributed by atoms with Gasteiger partial charge in [0.2, 0.25) is 0 Å². The number of imide groups is 2. The Morgan fingerprint density at radius 3 is 1.75 bits per heavy atom. The molecule has 0 aromatic heterocycles. The molecule has 1 spiro atoms. The van der Waals surface area contributed by atoms with E-state index >= 15 is 0 Å². The van der Waals surface area contributed by atoms with E-state index in [0.29, 0.717) is 0 Å². The quantitative estimate of drug-likeness (QED) is 0.574. The van der Waals surface area contributed by atoms with Crippen molar-refractivity contribution < 1.29 is 19.2 Å². The SMILES string of the molecule is CN1C(=O)[P+]2(C(=O)NC2=O)C1=O. The van der Waals surface area contributed by atoms with Crippen molar-refractivity contribution >= 4 is 29.9 Å². The van der Waals surface area contributed by atoms with Gasteiger partial charge in [0, 0.05) is 7.05 Å². The van der Waals surface area contributed by atoms with Crippen LogP contribution in [0.25, 0.3) is 0 Å². The number of nitrogens with zero attached hydrogens (tertiary/aromatic N) is 1. The lowest BCUT2D eigenvalue weighted by atomic mass is 10.9. The van der Waals surface area contributed by atoms with Crippen LogP contribution in [0, 0.1) is 0 Å².